The van der Waals surface area contributed by atoms with Crippen molar-refractivity contribution in [2.75, 3.05) is 0 Å². The Balaban J connectivity index is 2.15. The summed E-state index contributed by atoms with van der Waals surface area (Å²) in [6, 6.07) is 18.2. The maximum absolute atomic E-state index is 10.7. The van der Waals surface area contributed by atoms with E-state index < -0.39 is 0 Å². The Hall–Kier alpha value is -2.55. The third kappa shape index (κ3) is 3.14. The van der Waals surface area contributed by atoms with E-state index in [1.807, 2.05) is 30.3 Å². The standard InChI is InChI=1S/C20H22N2O/c1-3-4-14-22-20(23)18(16-8-6-5-7-9-16)19(21-22)17-12-10-15(2)11-13-17/h5-13,23H,3-4,14H2,1-2H3. The van der Waals surface area contributed by atoms with Gasteiger partial charge in [0.1, 0.15) is 5.69 Å². The van der Waals surface area contributed by atoms with Crippen molar-refractivity contribution in [2.24, 2.45) is 0 Å². The Labute approximate surface area is 137 Å². The van der Waals surface area contributed by atoms with Crippen molar-refractivity contribution >= 4 is 0 Å². The number of hydrogen-bond acceptors (Lipinski definition) is 2. The molecule has 0 amide bonds. The molecule has 1 N–H and O–H groups in total. The molecule has 0 saturated carbocycles. The van der Waals surface area contributed by atoms with Crippen LogP contribution >= 0.6 is 0 Å². The van der Waals surface area contributed by atoms with Gasteiger partial charge in [-0.3, -0.25) is 0 Å². The first-order chi connectivity index (χ1) is 11.2. The number of aryl methyl sites for hydroxylation is 2. The van der Waals surface area contributed by atoms with Gasteiger partial charge in [-0.1, -0.05) is 73.5 Å². The van der Waals surface area contributed by atoms with E-state index in [2.05, 4.69) is 38.1 Å². The highest BCUT2D eigenvalue weighted by Crippen LogP contribution is 2.38. The van der Waals surface area contributed by atoms with Crippen LogP contribution in [0, 0.1) is 6.92 Å². The van der Waals surface area contributed by atoms with Crippen LogP contribution in [-0.4, -0.2) is 14.9 Å². The second kappa shape index (κ2) is 6.69. The summed E-state index contributed by atoms with van der Waals surface area (Å²) in [5.41, 5.74) is 4.88. The SMILES string of the molecule is CCCCn1nc(-c2ccc(C)cc2)c(-c2ccccc2)c1O. The van der Waals surface area contributed by atoms with Gasteiger partial charge in [0.2, 0.25) is 5.88 Å². The van der Waals surface area contributed by atoms with Crippen molar-refractivity contribution in [1.29, 1.82) is 0 Å². The molecule has 0 spiro atoms. The Morgan fingerprint density at radius 2 is 1.65 bits per heavy atom. The minimum Gasteiger partial charge on any atom is -0.493 e. The molecular weight excluding hydrogens is 284 g/mol. The van der Waals surface area contributed by atoms with E-state index in [0.717, 1.165) is 41.8 Å². The number of unbranched alkanes of at least 4 members (excludes halogenated alkanes) is 1. The molecule has 0 atom stereocenters. The van der Waals surface area contributed by atoms with Gasteiger partial charge in [0.05, 0.1) is 5.56 Å². The van der Waals surface area contributed by atoms with Gasteiger partial charge in [-0.15, -0.1) is 0 Å². The number of aromatic nitrogens is 2. The topological polar surface area (TPSA) is 38.0 Å². The average molecular weight is 306 g/mol. The second-order valence-electron chi connectivity index (χ2n) is 5.86. The molecule has 1 heterocycles. The fraction of sp³-hybridized carbons (Fsp3) is 0.250. The molecule has 0 aliphatic carbocycles. The summed E-state index contributed by atoms with van der Waals surface area (Å²) in [7, 11) is 0. The minimum atomic E-state index is 0.250. The number of rotatable bonds is 5. The smallest absolute Gasteiger partial charge is 0.218 e. The monoisotopic (exact) mass is 306 g/mol. The number of nitrogens with zero attached hydrogens (tertiary/aromatic N) is 2. The van der Waals surface area contributed by atoms with Crippen LogP contribution in [0.3, 0.4) is 0 Å². The lowest BCUT2D eigenvalue weighted by atomic mass is 10.0. The van der Waals surface area contributed by atoms with Gasteiger partial charge in [-0.05, 0) is 18.9 Å². The quantitative estimate of drug-likeness (QED) is 0.718. The van der Waals surface area contributed by atoms with Crippen LogP contribution in [0.4, 0.5) is 0 Å². The lowest BCUT2D eigenvalue weighted by Gasteiger charge is -2.04. The van der Waals surface area contributed by atoms with Crippen molar-refractivity contribution in [3.05, 3.63) is 60.2 Å². The zero-order valence-electron chi connectivity index (χ0n) is 13.7. The Kier molecular flexibility index (Phi) is 4.47. The van der Waals surface area contributed by atoms with Crippen LogP contribution in [-0.2, 0) is 6.54 Å². The van der Waals surface area contributed by atoms with Crippen molar-refractivity contribution < 1.29 is 5.11 Å². The van der Waals surface area contributed by atoms with Gasteiger partial charge in [-0.25, -0.2) is 4.68 Å². The molecule has 0 bridgehead atoms. The predicted octanol–water partition coefficient (Wildman–Crippen LogP) is 5.03. The summed E-state index contributed by atoms with van der Waals surface area (Å²) in [4.78, 5) is 0. The second-order valence-corrected chi connectivity index (χ2v) is 5.86. The van der Waals surface area contributed by atoms with Crippen molar-refractivity contribution in [1.82, 2.24) is 9.78 Å². The molecule has 2 aromatic carbocycles. The van der Waals surface area contributed by atoms with Gasteiger partial charge in [0, 0.05) is 12.1 Å². The molecule has 118 valence electrons. The van der Waals surface area contributed by atoms with Gasteiger partial charge in [0.25, 0.3) is 0 Å². The molecule has 3 rings (SSSR count). The summed E-state index contributed by atoms with van der Waals surface area (Å²) in [5.74, 6) is 0.250. The van der Waals surface area contributed by atoms with Crippen LogP contribution in [0.5, 0.6) is 5.88 Å². The van der Waals surface area contributed by atoms with Gasteiger partial charge in [-0.2, -0.15) is 5.10 Å². The minimum absolute atomic E-state index is 0.250. The fourth-order valence-corrected chi connectivity index (χ4v) is 2.70. The highest BCUT2D eigenvalue weighted by Gasteiger charge is 2.19. The van der Waals surface area contributed by atoms with Crippen LogP contribution < -0.4 is 0 Å². The van der Waals surface area contributed by atoms with E-state index in [-0.39, 0.29) is 5.88 Å². The third-order valence-electron chi connectivity index (χ3n) is 4.04. The van der Waals surface area contributed by atoms with Crippen LogP contribution in [0.1, 0.15) is 25.3 Å². The maximum Gasteiger partial charge on any atom is 0.218 e. The van der Waals surface area contributed by atoms with Gasteiger partial charge >= 0.3 is 0 Å². The van der Waals surface area contributed by atoms with Crippen LogP contribution in [0.2, 0.25) is 0 Å². The van der Waals surface area contributed by atoms with E-state index in [4.69, 9.17) is 5.10 Å². The number of aromatic hydroxyl groups is 1. The lowest BCUT2D eigenvalue weighted by molar-refractivity contribution is 0.395. The highest BCUT2D eigenvalue weighted by atomic mass is 16.3. The largest absolute Gasteiger partial charge is 0.493 e. The molecule has 0 aliphatic rings. The summed E-state index contributed by atoms with van der Waals surface area (Å²) in [5, 5.41) is 15.4. The lowest BCUT2D eigenvalue weighted by Crippen LogP contribution is -1.99. The molecule has 3 heteroatoms. The van der Waals surface area contributed by atoms with Gasteiger partial charge < -0.3 is 5.11 Å². The molecule has 3 nitrogen and oxygen atoms in total. The maximum atomic E-state index is 10.7. The average Bonchev–Trinajstić information content (AvgIpc) is 2.91. The van der Waals surface area contributed by atoms with E-state index >= 15 is 0 Å². The van der Waals surface area contributed by atoms with Crippen molar-refractivity contribution in [3.8, 4) is 28.3 Å². The van der Waals surface area contributed by atoms with Crippen molar-refractivity contribution in [3.63, 3.8) is 0 Å². The summed E-state index contributed by atoms with van der Waals surface area (Å²) < 4.78 is 1.72. The molecule has 0 radical (unpaired) electrons. The molecule has 0 unspecified atom stereocenters. The molecule has 3 aromatic rings. The number of benzene rings is 2. The van der Waals surface area contributed by atoms with E-state index in [9.17, 15) is 5.11 Å². The number of hydrogen-bond donors (Lipinski definition) is 1. The Bertz CT molecular complexity index is 773. The first kappa shape index (κ1) is 15.3. The van der Waals surface area contributed by atoms with Gasteiger partial charge in [0.15, 0.2) is 0 Å². The summed E-state index contributed by atoms with van der Waals surface area (Å²) in [6.45, 7) is 4.94. The fourth-order valence-electron chi connectivity index (χ4n) is 2.70. The molecule has 23 heavy (non-hydrogen) atoms. The predicted molar refractivity (Wildman–Crippen MR) is 94.4 cm³/mol. The van der Waals surface area contributed by atoms with Crippen molar-refractivity contribution in [2.45, 2.75) is 33.2 Å². The molecule has 0 saturated heterocycles. The Morgan fingerprint density at radius 3 is 2.30 bits per heavy atom. The third-order valence-corrected chi connectivity index (χ3v) is 4.04. The normalized spacial score (nSPS) is 10.9. The zero-order valence-corrected chi connectivity index (χ0v) is 13.7. The zero-order chi connectivity index (χ0) is 16.2. The highest BCUT2D eigenvalue weighted by molar-refractivity contribution is 5.84. The molecular formula is C20H22N2O. The summed E-state index contributed by atoms with van der Waals surface area (Å²) in [6.07, 6.45) is 2.07. The molecule has 1 aromatic heterocycles. The van der Waals surface area contributed by atoms with Crippen LogP contribution in [0.25, 0.3) is 22.4 Å². The molecule has 0 aliphatic heterocycles. The first-order valence-electron chi connectivity index (χ1n) is 8.13. The van der Waals surface area contributed by atoms with Crippen LogP contribution in [0.15, 0.2) is 54.6 Å². The molecule has 0 fully saturated rings. The van der Waals surface area contributed by atoms with E-state index in [0.29, 0.717) is 0 Å². The Morgan fingerprint density at radius 1 is 0.957 bits per heavy atom. The van der Waals surface area contributed by atoms with E-state index in [1.54, 1.807) is 4.68 Å². The summed E-state index contributed by atoms with van der Waals surface area (Å²) >= 11 is 0. The first-order valence-corrected chi connectivity index (χ1v) is 8.13. The van der Waals surface area contributed by atoms with E-state index in [1.165, 1.54) is 5.56 Å².